The molecule has 0 heterocycles. The molecule has 0 amide bonds. The first-order valence-electron chi connectivity index (χ1n) is 4.15. The van der Waals surface area contributed by atoms with Gasteiger partial charge in [0.2, 0.25) is 0 Å². The van der Waals surface area contributed by atoms with Crippen molar-refractivity contribution in [3.05, 3.63) is 44.0 Å². The smallest absolute Gasteiger partial charge is 0.186 e. The maximum Gasteiger partial charge on any atom is 0.186 e. The molecule has 14 heavy (non-hydrogen) atoms. The second-order valence-electron chi connectivity index (χ2n) is 3.21. The van der Waals surface area contributed by atoms with Crippen molar-refractivity contribution in [1.29, 1.82) is 0 Å². The lowest BCUT2D eigenvalue weighted by Gasteiger charge is -2.01. The van der Waals surface area contributed by atoms with E-state index in [1.54, 1.807) is 18.2 Å². The van der Waals surface area contributed by atoms with Crippen LogP contribution in [0.1, 0.15) is 24.2 Å². The lowest BCUT2D eigenvalue weighted by molar-refractivity contribution is 0.104. The van der Waals surface area contributed by atoms with Crippen molar-refractivity contribution in [3.8, 4) is 0 Å². The molecule has 1 rings (SSSR count). The molecule has 0 saturated carbocycles. The van der Waals surface area contributed by atoms with Crippen molar-refractivity contribution in [3.63, 3.8) is 0 Å². The summed E-state index contributed by atoms with van der Waals surface area (Å²) >= 11 is 7.95. The van der Waals surface area contributed by atoms with Gasteiger partial charge in [0, 0.05) is 14.2 Å². The molecule has 1 nitrogen and oxygen atoms in total. The largest absolute Gasteiger partial charge is 0.289 e. The molecule has 0 bridgehead atoms. The Labute approximate surface area is 102 Å². The summed E-state index contributed by atoms with van der Waals surface area (Å²) in [5, 5.41) is 0.593. The molecule has 0 aromatic heterocycles. The first-order chi connectivity index (χ1) is 6.50. The molecule has 3 heteroatoms. The van der Waals surface area contributed by atoms with Gasteiger partial charge in [0.25, 0.3) is 0 Å². The van der Waals surface area contributed by atoms with Crippen LogP contribution in [0.2, 0.25) is 5.02 Å². The summed E-state index contributed by atoms with van der Waals surface area (Å²) in [5.74, 6) is 0.0110. The van der Waals surface area contributed by atoms with Gasteiger partial charge in [0.1, 0.15) is 0 Å². The van der Waals surface area contributed by atoms with Crippen LogP contribution in [-0.2, 0) is 0 Å². The summed E-state index contributed by atoms with van der Waals surface area (Å²) in [6, 6.07) is 5.32. The number of halogens is 2. The number of benzene rings is 1. The summed E-state index contributed by atoms with van der Waals surface area (Å²) in [6.07, 6.45) is 1.62. The minimum atomic E-state index is 0.0110. The Bertz CT molecular complexity index is 392. The van der Waals surface area contributed by atoms with E-state index in [4.69, 9.17) is 11.6 Å². The fraction of sp³-hybridized carbons (Fsp3) is 0.182. The molecule has 74 valence electrons. The second-order valence-corrected chi connectivity index (χ2v) is 4.81. The summed E-state index contributed by atoms with van der Waals surface area (Å²) in [6.45, 7) is 3.80. The average molecular weight is 321 g/mol. The summed E-state index contributed by atoms with van der Waals surface area (Å²) in [7, 11) is 0. The minimum absolute atomic E-state index is 0.0110. The van der Waals surface area contributed by atoms with Crippen molar-refractivity contribution >= 4 is 40.0 Å². The van der Waals surface area contributed by atoms with Crippen molar-refractivity contribution in [2.45, 2.75) is 13.8 Å². The summed E-state index contributed by atoms with van der Waals surface area (Å²) < 4.78 is 0.925. The van der Waals surface area contributed by atoms with Gasteiger partial charge in [0.15, 0.2) is 5.78 Å². The van der Waals surface area contributed by atoms with Gasteiger partial charge in [-0.3, -0.25) is 4.79 Å². The molecule has 0 saturated heterocycles. The van der Waals surface area contributed by atoms with Crippen LogP contribution in [-0.4, -0.2) is 5.78 Å². The Balaban J connectivity index is 3.12. The van der Waals surface area contributed by atoms with Crippen LogP contribution in [0.4, 0.5) is 0 Å². The molecule has 0 aliphatic carbocycles. The van der Waals surface area contributed by atoms with E-state index in [0.29, 0.717) is 10.6 Å². The molecule has 0 radical (unpaired) electrons. The topological polar surface area (TPSA) is 17.1 Å². The number of rotatable bonds is 2. The van der Waals surface area contributed by atoms with E-state index in [0.717, 1.165) is 9.14 Å². The van der Waals surface area contributed by atoms with Crippen molar-refractivity contribution < 1.29 is 4.79 Å². The molecule has 0 spiro atoms. The third-order valence-electron chi connectivity index (χ3n) is 1.61. The molecular weight excluding hydrogens is 310 g/mol. The first kappa shape index (κ1) is 11.7. The van der Waals surface area contributed by atoms with E-state index in [-0.39, 0.29) is 5.78 Å². The molecular formula is C11H10ClIO. The standard InChI is InChI=1S/C11H10ClIO/c1-7(2)5-11(14)9-6-8(12)3-4-10(9)13/h3-6H,1-2H3. The predicted molar refractivity (Wildman–Crippen MR) is 67.9 cm³/mol. The van der Waals surface area contributed by atoms with E-state index in [1.165, 1.54) is 0 Å². The Kier molecular flexibility index (Phi) is 4.13. The van der Waals surface area contributed by atoms with Crippen LogP contribution in [0.3, 0.4) is 0 Å². The van der Waals surface area contributed by atoms with E-state index in [9.17, 15) is 4.79 Å². The number of allylic oxidation sites excluding steroid dienone is 2. The zero-order valence-corrected chi connectivity index (χ0v) is 10.9. The third-order valence-corrected chi connectivity index (χ3v) is 2.79. The third kappa shape index (κ3) is 3.10. The zero-order chi connectivity index (χ0) is 10.7. The van der Waals surface area contributed by atoms with E-state index in [1.807, 2.05) is 19.9 Å². The molecule has 0 aliphatic heterocycles. The lowest BCUT2D eigenvalue weighted by atomic mass is 10.1. The summed E-state index contributed by atoms with van der Waals surface area (Å²) in [5.41, 5.74) is 1.66. The van der Waals surface area contributed by atoms with Crippen molar-refractivity contribution in [2.75, 3.05) is 0 Å². The predicted octanol–water partition coefficient (Wildman–Crippen LogP) is 4.09. The molecule has 0 fully saturated rings. The SMILES string of the molecule is CC(C)=CC(=O)c1cc(Cl)ccc1I. The van der Waals surface area contributed by atoms with Crippen molar-refractivity contribution in [2.24, 2.45) is 0 Å². The monoisotopic (exact) mass is 320 g/mol. The Hall–Kier alpha value is -0.350. The Morgan fingerprint density at radius 3 is 2.64 bits per heavy atom. The molecule has 0 aliphatic rings. The highest BCUT2D eigenvalue weighted by atomic mass is 127. The Morgan fingerprint density at radius 2 is 2.07 bits per heavy atom. The molecule has 1 aromatic carbocycles. The maximum absolute atomic E-state index is 11.7. The van der Waals surface area contributed by atoms with E-state index >= 15 is 0 Å². The number of carbonyl (C=O) groups is 1. The minimum Gasteiger partial charge on any atom is -0.289 e. The zero-order valence-electron chi connectivity index (χ0n) is 7.97. The van der Waals surface area contributed by atoms with Crippen molar-refractivity contribution in [1.82, 2.24) is 0 Å². The quantitative estimate of drug-likeness (QED) is 0.456. The van der Waals surface area contributed by atoms with E-state index < -0.39 is 0 Å². The van der Waals surface area contributed by atoms with Crippen LogP contribution in [0, 0.1) is 3.57 Å². The molecule has 1 aromatic rings. The number of hydrogen-bond donors (Lipinski definition) is 0. The number of ketones is 1. The highest BCUT2D eigenvalue weighted by Gasteiger charge is 2.07. The van der Waals surface area contributed by atoms with Gasteiger partial charge in [-0.2, -0.15) is 0 Å². The highest BCUT2D eigenvalue weighted by Crippen LogP contribution is 2.19. The maximum atomic E-state index is 11.7. The van der Waals surface area contributed by atoms with Gasteiger partial charge in [-0.15, -0.1) is 0 Å². The van der Waals surface area contributed by atoms with E-state index in [2.05, 4.69) is 22.6 Å². The molecule has 0 atom stereocenters. The molecule has 0 N–H and O–H groups in total. The van der Waals surface area contributed by atoms with Crippen LogP contribution < -0.4 is 0 Å². The average Bonchev–Trinajstić information content (AvgIpc) is 2.08. The number of carbonyl (C=O) groups excluding carboxylic acids is 1. The van der Waals surface area contributed by atoms with Gasteiger partial charge in [0.05, 0.1) is 0 Å². The van der Waals surface area contributed by atoms with Crippen LogP contribution in [0.15, 0.2) is 29.8 Å². The Morgan fingerprint density at radius 1 is 1.43 bits per heavy atom. The molecule has 0 unspecified atom stereocenters. The van der Waals surface area contributed by atoms with Gasteiger partial charge < -0.3 is 0 Å². The summed E-state index contributed by atoms with van der Waals surface area (Å²) in [4.78, 5) is 11.7. The van der Waals surface area contributed by atoms with Gasteiger partial charge >= 0.3 is 0 Å². The van der Waals surface area contributed by atoms with Gasteiger partial charge in [-0.05, 0) is 60.7 Å². The lowest BCUT2D eigenvalue weighted by Crippen LogP contribution is -1.98. The van der Waals surface area contributed by atoms with Gasteiger partial charge in [-0.1, -0.05) is 17.2 Å². The fourth-order valence-electron chi connectivity index (χ4n) is 1.03. The highest BCUT2D eigenvalue weighted by molar-refractivity contribution is 14.1. The van der Waals surface area contributed by atoms with Crippen LogP contribution in [0.5, 0.6) is 0 Å². The fourth-order valence-corrected chi connectivity index (χ4v) is 1.80. The first-order valence-corrected chi connectivity index (χ1v) is 5.60. The van der Waals surface area contributed by atoms with Gasteiger partial charge in [-0.25, -0.2) is 0 Å². The second kappa shape index (κ2) is 4.94. The number of hydrogen-bond acceptors (Lipinski definition) is 1. The van der Waals surface area contributed by atoms with Crippen LogP contribution in [0.25, 0.3) is 0 Å². The normalized spacial score (nSPS) is 9.71. The van der Waals surface area contributed by atoms with Crippen LogP contribution >= 0.6 is 34.2 Å².